The molecule has 1 aliphatic heterocycles. The Balaban J connectivity index is 2.12. The third-order valence-corrected chi connectivity index (χ3v) is 3.12. The summed E-state index contributed by atoms with van der Waals surface area (Å²) in [6.45, 7) is 0.986. The van der Waals surface area contributed by atoms with Crippen LogP contribution in [-0.2, 0) is 0 Å². The van der Waals surface area contributed by atoms with Crippen molar-refractivity contribution in [3.63, 3.8) is 0 Å². The molecule has 2 N–H and O–H groups in total. The number of fused-ring (bicyclic) bond motifs is 1. The Morgan fingerprint density at radius 2 is 2.35 bits per heavy atom. The number of aromatic amines is 1. The van der Waals surface area contributed by atoms with Gasteiger partial charge in [0.1, 0.15) is 17.2 Å². The highest BCUT2D eigenvalue weighted by atomic mass is 19.1. The Labute approximate surface area is 98.4 Å². The maximum absolute atomic E-state index is 13.7. The fourth-order valence-electron chi connectivity index (χ4n) is 2.26. The van der Waals surface area contributed by atoms with Crippen molar-refractivity contribution in [2.75, 3.05) is 6.54 Å². The van der Waals surface area contributed by atoms with E-state index in [0.29, 0.717) is 16.6 Å². The van der Waals surface area contributed by atoms with E-state index in [-0.39, 0.29) is 11.9 Å². The molecule has 17 heavy (non-hydrogen) atoms. The molecule has 0 radical (unpaired) electrons. The highest BCUT2D eigenvalue weighted by molar-refractivity contribution is 5.77. The highest BCUT2D eigenvalue weighted by Crippen LogP contribution is 2.24. The van der Waals surface area contributed by atoms with E-state index in [4.69, 9.17) is 6.42 Å². The van der Waals surface area contributed by atoms with E-state index in [2.05, 4.69) is 21.2 Å². The van der Waals surface area contributed by atoms with Crippen LogP contribution in [0.2, 0.25) is 0 Å². The first-order chi connectivity index (χ1) is 8.28. The number of aromatic nitrogens is 2. The lowest BCUT2D eigenvalue weighted by molar-refractivity contribution is 0.611. The van der Waals surface area contributed by atoms with E-state index in [1.807, 2.05) is 0 Å². The molecule has 3 rings (SSSR count). The summed E-state index contributed by atoms with van der Waals surface area (Å²) in [5, 5.41) is 3.33. The smallest absolute Gasteiger partial charge is 0.150 e. The molecule has 0 aliphatic carbocycles. The molecular weight excluding hydrogens is 217 g/mol. The summed E-state index contributed by atoms with van der Waals surface area (Å²) in [7, 11) is 0. The van der Waals surface area contributed by atoms with Crippen LogP contribution in [0.25, 0.3) is 11.0 Å². The summed E-state index contributed by atoms with van der Waals surface area (Å²) in [4.78, 5) is 7.45. The maximum Gasteiger partial charge on any atom is 0.150 e. The first-order valence-electron chi connectivity index (χ1n) is 5.67. The van der Waals surface area contributed by atoms with Gasteiger partial charge in [0, 0.05) is 5.56 Å². The monoisotopic (exact) mass is 229 g/mol. The van der Waals surface area contributed by atoms with Crippen LogP contribution in [0.4, 0.5) is 4.39 Å². The van der Waals surface area contributed by atoms with Crippen LogP contribution >= 0.6 is 0 Å². The van der Waals surface area contributed by atoms with Gasteiger partial charge in [0.15, 0.2) is 0 Å². The Bertz CT molecular complexity index is 603. The van der Waals surface area contributed by atoms with Gasteiger partial charge in [-0.25, -0.2) is 9.37 Å². The second-order valence-electron chi connectivity index (χ2n) is 4.27. The van der Waals surface area contributed by atoms with Crippen LogP contribution in [0, 0.1) is 18.2 Å². The SMILES string of the molecule is C#Cc1cc(F)c2[nH]c([C@@H]3CCCN3)nc2c1. The number of nitrogens with zero attached hydrogens (tertiary/aromatic N) is 1. The normalized spacial score (nSPS) is 19.6. The van der Waals surface area contributed by atoms with Crippen LogP contribution in [0.5, 0.6) is 0 Å². The van der Waals surface area contributed by atoms with Crippen molar-refractivity contribution in [1.29, 1.82) is 0 Å². The zero-order valence-corrected chi connectivity index (χ0v) is 9.26. The summed E-state index contributed by atoms with van der Waals surface area (Å²) < 4.78 is 13.7. The van der Waals surface area contributed by atoms with Crippen molar-refractivity contribution in [3.05, 3.63) is 29.3 Å². The number of H-pyrrole nitrogens is 1. The van der Waals surface area contributed by atoms with Crippen LogP contribution in [0.3, 0.4) is 0 Å². The van der Waals surface area contributed by atoms with Gasteiger partial charge in [-0.3, -0.25) is 0 Å². The predicted octanol–water partition coefficient (Wildman–Crippen LogP) is 2.11. The number of hydrogen-bond donors (Lipinski definition) is 2. The Kier molecular flexibility index (Phi) is 2.34. The van der Waals surface area contributed by atoms with Gasteiger partial charge in [-0.2, -0.15) is 0 Å². The predicted molar refractivity (Wildman–Crippen MR) is 64.0 cm³/mol. The summed E-state index contributed by atoms with van der Waals surface area (Å²) in [5.74, 6) is 2.89. The number of hydrogen-bond acceptors (Lipinski definition) is 2. The van der Waals surface area contributed by atoms with E-state index in [1.54, 1.807) is 6.07 Å². The van der Waals surface area contributed by atoms with Crippen LogP contribution in [-0.4, -0.2) is 16.5 Å². The van der Waals surface area contributed by atoms with Gasteiger partial charge in [0.25, 0.3) is 0 Å². The lowest BCUT2D eigenvalue weighted by atomic mass is 10.2. The van der Waals surface area contributed by atoms with Gasteiger partial charge in [-0.05, 0) is 31.5 Å². The van der Waals surface area contributed by atoms with Crippen molar-refractivity contribution in [2.24, 2.45) is 0 Å². The molecule has 0 bridgehead atoms. The second-order valence-corrected chi connectivity index (χ2v) is 4.27. The molecule has 2 aromatic rings. The van der Waals surface area contributed by atoms with Gasteiger partial charge in [-0.15, -0.1) is 6.42 Å². The van der Waals surface area contributed by atoms with E-state index < -0.39 is 0 Å². The van der Waals surface area contributed by atoms with Crippen molar-refractivity contribution in [1.82, 2.24) is 15.3 Å². The molecule has 86 valence electrons. The van der Waals surface area contributed by atoms with Crippen molar-refractivity contribution < 1.29 is 4.39 Å². The third-order valence-electron chi connectivity index (χ3n) is 3.12. The lowest BCUT2D eigenvalue weighted by Crippen LogP contribution is -2.14. The van der Waals surface area contributed by atoms with Crippen molar-refractivity contribution in [3.8, 4) is 12.3 Å². The van der Waals surface area contributed by atoms with Gasteiger partial charge < -0.3 is 10.3 Å². The van der Waals surface area contributed by atoms with Crippen LogP contribution in [0.15, 0.2) is 12.1 Å². The van der Waals surface area contributed by atoms with Gasteiger partial charge in [0.2, 0.25) is 0 Å². The van der Waals surface area contributed by atoms with Crippen molar-refractivity contribution in [2.45, 2.75) is 18.9 Å². The molecule has 1 aliphatic rings. The Morgan fingerprint density at radius 1 is 1.47 bits per heavy atom. The number of terminal acetylenes is 1. The molecule has 4 heteroatoms. The first kappa shape index (κ1) is 10.3. The third kappa shape index (κ3) is 1.69. The Hall–Kier alpha value is -1.86. The molecule has 1 fully saturated rings. The van der Waals surface area contributed by atoms with Crippen molar-refractivity contribution >= 4 is 11.0 Å². The van der Waals surface area contributed by atoms with Crippen LogP contribution < -0.4 is 5.32 Å². The minimum atomic E-state index is -0.341. The minimum absolute atomic E-state index is 0.205. The molecule has 1 aromatic heterocycles. The number of benzene rings is 1. The molecule has 0 spiro atoms. The molecule has 3 nitrogen and oxygen atoms in total. The van der Waals surface area contributed by atoms with E-state index in [9.17, 15) is 4.39 Å². The van der Waals surface area contributed by atoms with Gasteiger partial charge in [-0.1, -0.05) is 5.92 Å². The Morgan fingerprint density at radius 3 is 3.06 bits per heavy atom. The number of imidazole rings is 1. The van der Waals surface area contributed by atoms with Gasteiger partial charge >= 0.3 is 0 Å². The molecule has 0 amide bonds. The lowest BCUT2D eigenvalue weighted by Gasteiger charge is -2.04. The largest absolute Gasteiger partial charge is 0.338 e. The molecular formula is C13H12FN3. The average Bonchev–Trinajstić information content (AvgIpc) is 2.96. The summed E-state index contributed by atoms with van der Waals surface area (Å²) in [5.41, 5.74) is 1.56. The van der Waals surface area contributed by atoms with E-state index in [1.165, 1.54) is 6.07 Å². The van der Waals surface area contributed by atoms with E-state index in [0.717, 1.165) is 25.2 Å². The number of nitrogens with one attached hydrogen (secondary N) is 2. The molecule has 1 saturated heterocycles. The zero-order chi connectivity index (χ0) is 11.8. The summed E-state index contributed by atoms with van der Waals surface area (Å²) in [6.07, 6.45) is 7.43. The highest BCUT2D eigenvalue weighted by Gasteiger charge is 2.20. The van der Waals surface area contributed by atoms with Crippen LogP contribution in [0.1, 0.15) is 30.3 Å². The topological polar surface area (TPSA) is 40.7 Å². The average molecular weight is 229 g/mol. The summed E-state index contributed by atoms with van der Waals surface area (Å²) in [6, 6.07) is 3.29. The quantitative estimate of drug-likeness (QED) is 0.735. The summed E-state index contributed by atoms with van der Waals surface area (Å²) >= 11 is 0. The fraction of sp³-hybridized carbons (Fsp3) is 0.308. The fourth-order valence-corrected chi connectivity index (χ4v) is 2.26. The van der Waals surface area contributed by atoms with Gasteiger partial charge in [0.05, 0.1) is 11.6 Å². The molecule has 1 atom stereocenters. The molecule has 0 saturated carbocycles. The number of rotatable bonds is 1. The molecule has 1 aromatic carbocycles. The first-order valence-corrected chi connectivity index (χ1v) is 5.67. The second kappa shape index (κ2) is 3.86. The van der Waals surface area contributed by atoms with E-state index >= 15 is 0 Å². The zero-order valence-electron chi connectivity index (χ0n) is 9.26. The minimum Gasteiger partial charge on any atom is -0.338 e. The molecule has 2 heterocycles. The standard InChI is InChI=1S/C13H12FN3/c1-2-8-6-9(14)12-11(7-8)16-13(17-12)10-4-3-5-15-10/h1,6-7,10,15H,3-5H2,(H,16,17)/t10-/m0/s1. The number of halogens is 1. The molecule has 0 unspecified atom stereocenters. The maximum atomic E-state index is 13.7.